The van der Waals surface area contributed by atoms with Gasteiger partial charge in [-0.1, -0.05) is 164 Å². The Morgan fingerprint density at radius 2 is 1.17 bits per heavy atom. The minimum absolute atomic E-state index is 0.0697. The van der Waals surface area contributed by atoms with Crippen LogP contribution in [-0.2, 0) is 10.8 Å². The molecule has 63 heavy (non-hydrogen) atoms. The van der Waals surface area contributed by atoms with Crippen molar-refractivity contribution in [3.05, 3.63) is 193 Å². The largest absolute Gasteiger partial charge is 0.507 e. The van der Waals surface area contributed by atoms with Gasteiger partial charge in [-0.05, 0) is 127 Å². The van der Waals surface area contributed by atoms with Gasteiger partial charge >= 0.3 is 0 Å². The Morgan fingerprint density at radius 3 is 1.87 bits per heavy atom. The number of hydrogen-bond donors (Lipinski definition) is 1. The molecular weight excluding hydrogens is 767 g/mol. The highest BCUT2D eigenvalue weighted by atomic mass is 16.3. The molecule has 0 saturated carbocycles. The van der Waals surface area contributed by atoms with Crippen molar-refractivity contribution in [1.82, 2.24) is 14.5 Å². The zero-order valence-electron chi connectivity index (χ0n) is 46.0. The number of hydrogen-bond acceptors (Lipinski definition) is 3. The van der Waals surface area contributed by atoms with Gasteiger partial charge in [0.2, 0.25) is 0 Å². The summed E-state index contributed by atoms with van der Waals surface area (Å²) in [6.07, 6.45) is 1.78. The summed E-state index contributed by atoms with van der Waals surface area (Å²) in [5.74, 6) is -1.000. The van der Waals surface area contributed by atoms with E-state index in [4.69, 9.17) is 23.7 Å². The standard InChI is InChI=1S/C59H55N3O/c1-38(2)39-22-24-41(25-23-39)43-30-31-60-52(35-43)46-33-44(40-16-11-9-12-17-40)32-45(34-46)49-20-15-21-54-56(49)61-57(51-37-48(59(6,7)8)27-29-55(51)63)62(54)53-28-26-47(58(3,4)5)36-50(53)42-18-13-10-14-19-42/h9-38,63H,1-8H3/i6D3,7D3,8D3,38D. The van der Waals surface area contributed by atoms with Gasteiger partial charge in [0.15, 0.2) is 0 Å². The van der Waals surface area contributed by atoms with Crippen molar-refractivity contribution >= 4 is 11.0 Å². The number of aromatic hydroxyl groups is 1. The van der Waals surface area contributed by atoms with Crippen molar-refractivity contribution in [1.29, 1.82) is 0 Å². The van der Waals surface area contributed by atoms with E-state index in [2.05, 4.69) is 45.0 Å². The predicted molar refractivity (Wildman–Crippen MR) is 265 cm³/mol. The molecule has 2 heterocycles. The summed E-state index contributed by atoms with van der Waals surface area (Å²) in [7, 11) is 0. The van der Waals surface area contributed by atoms with Crippen molar-refractivity contribution in [3.8, 4) is 78.6 Å². The molecule has 0 saturated heterocycles. The Morgan fingerprint density at radius 1 is 0.540 bits per heavy atom. The van der Waals surface area contributed by atoms with Gasteiger partial charge in [0, 0.05) is 36.6 Å². The van der Waals surface area contributed by atoms with E-state index in [0.717, 1.165) is 73.8 Å². The summed E-state index contributed by atoms with van der Waals surface area (Å²) >= 11 is 0. The maximum atomic E-state index is 12.0. The predicted octanol–water partition coefficient (Wildman–Crippen LogP) is 15.8. The Kier molecular flexibility index (Phi) is 8.02. The molecule has 0 bridgehead atoms. The molecular formula is C59H55N3O. The summed E-state index contributed by atoms with van der Waals surface area (Å²) in [6.45, 7) is -0.545. The minimum atomic E-state index is -3.55. The molecule has 1 N–H and O–H groups in total. The molecule has 0 radical (unpaired) electrons. The molecule has 312 valence electrons. The van der Waals surface area contributed by atoms with Crippen LogP contribution < -0.4 is 0 Å². The van der Waals surface area contributed by atoms with Crippen molar-refractivity contribution in [2.45, 2.75) is 71.9 Å². The third kappa shape index (κ3) is 8.22. The van der Waals surface area contributed by atoms with E-state index < -0.39 is 37.4 Å². The average Bonchev–Trinajstić information content (AvgIpc) is 3.72. The van der Waals surface area contributed by atoms with Crippen molar-refractivity contribution in [2.75, 3.05) is 0 Å². The summed E-state index contributed by atoms with van der Waals surface area (Å²) in [5.41, 5.74) is 7.99. The number of pyridine rings is 1. The van der Waals surface area contributed by atoms with Crippen LogP contribution >= 0.6 is 0 Å². The average molecular weight is 832 g/mol. The molecule has 0 fully saturated rings. The highest BCUT2D eigenvalue weighted by molar-refractivity contribution is 5.98. The monoisotopic (exact) mass is 831 g/mol. The summed E-state index contributed by atoms with van der Waals surface area (Å²) in [5, 5.41) is 12.0. The first-order valence-corrected chi connectivity index (χ1v) is 21.1. The molecule has 4 heteroatoms. The first-order chi connectivity index (χ1) is 34.3. The Hall–Kier alpha value is -7.04. The van der Waals surface area contributed by atoms with E-state index in [0.29, 0.717) is 28.0 Å². The van der Waals surface area contributed by atoms with Gasteiger partial charge in [-0.25, -0.2) is 4.98 Å². The lowest BCUT2D eigenvalue weighted by atomic mass is 9.84. The third-order valence-electron chi connectivity index (χ3n) is 11.7. The Labute approximate surface area is 386 Å². The number of phenolic OH excluding ortho intramolecular Hbond substituents is 1. The summed E-state index contributed by atoms with van der Waals surface area (Å²) in [6, 6.07) is 53.3. The smallest absolute Gasteiger partial charge is 0.149 e. The van der Waals surface area contributed by atoms with Crippen molar-refractivity contribution in [3.63, 3.8) is 0 Å². The second kappa shape index (κ2) is 16.3. The van der Waals surface area contributed by atoms with Gasteiger partial charge < -0.3 is 5.11 Å². The summed E-state index contributed by atoms with van der Waals surface area (Å²) in [4.78, 5) is 10.2. The van der Waals surface area contributed by atoms with Crippen LogP contribution in [0.25, 0.3) is 83.9 Å². The first-order valence-electron chi connectivity index (χ1n) is 26.1. The van der Waals surface area contributed by atoms with E-state index >= 15 is 0 Å². The number of imidazole rings is 1. The van der Waals surface area contributed by atoms with E-state index in [1.165, 1.54) is 0 Å². The van der Waals surface area contributed by atoms with Crippen molar-refractivity contribution in [2.24, 2.45) is 0 Å². The molecule has 9 aromatic rings. The van der Waals surface area contributed by atoms with Gasteiger partial charge in [0.25, 0.3) is 0 Å². The molecule has 0 atom stereocenters. The number of rotatable bonds is 8. The van der Waals surface area contributed by atoms with Crippen molar-refractivity contribution < 1.29 is 18.8 Å². The van der Waals surface area contributed by atoms with E-state index in [1.807, 2.05) is 146 Å². The molecule has 7 aromatic carbocycles. The number of aromatic nitrogens is 3. The van der Waals surface area contributed by atoms with Gasteiger partial charge in [0.1, 0.15) is 11.6 Å². The Balaban J connectivity index is 1.35. The number of nitrogens with zero attached hydrogens (tertiary/aromatic N) is 3. The topological polar surface area (TPSA) is 50.9 Å². The number of para-hydroxylation sites is 1. The molecule has 0 spiro atoms. The normalized spacial score (nSPS) is 15.1. The third-order valence-corrected chi connectivity index (χ3v) is 11.7. The van der Waals surface area contributed by atoms with Crippen LogP contribution in [0, 0.1) is 0 Å². The van der Waals surface area contributed by atoms with E-state index in [-0.39, 0.29) is 22.6 Å². The molecule has 0 aliphatic carbocycles. The highest BCUT2D eigenvalue weighted by Gasteiger charge is 2.26. The number of fused-ring (bicyclic) bond motifs is 1. The Bertz CT molecular complexity index is 3460. The molecule has 0 amide bonds. The van der Waals surface area contributed by atoms with E-state index in [1.54, 1.807) is 6.20 Å². The van der Waals surface area contributed by atoms with Crippen LogP contribution in [0.3, 0.4) is 0 Å². The van der Waals surface area contributed by atoms with Crippen LogP contribution in [0.2, 0.25) is 0 Å². The van der Waals surface area contributed by atoms with E-state index in [9.17, 15) is 5.11 Å². The van der Waals surface area contributed by atoms with Gasteiger partial charge in [-0.15, -0.1) is 0 Å². The van der Waals surface area contributed by atoms with Gasteiger partial charge in [0.05, 0.1) is 28.0 Å². The maximum Gasteiger partial charge on any atom is 0.149 e. The van der Waals surface area contributed by atoms with Gasteiger partial charge in [-0.3, -0.25) is 9.55 Å². The second-order valence-electron chi connectivity index (χ2n) is 17.4. The lowest BCUT2D eigenvalue weighted by Gasteiger charge is -2.23. The fourth-order valence-electron chi connectivity index (χ4n) is 8.24. The van der Waals surface area contributed by atoms with Crippen LogP contribution in [0.4, 0.5) is 0 Å². The maximum absolute atomic E-state index is 12.0. The number of phenols is 1. The fraction of sp³-hybridized carbons (Fsp3) is 0.186. The van der Waals surface area contributed by atoms with Gasteiger partial charge in [-0.2, -0.15) is 0 Å². The first kappa shape index (κ1) is 30.9. The fourth-order valence-corrected chi connectivity index (χ4v) is 8.24. The summed E-state index contributed by atoms with van der Waals surface area (Å²) < 4.78 is 87.4. The molecule has 0 aliphatic heterocycles. The van der Waals surface area contributed by atoms with Crippen LogP contribution in [-0.4, -0.2) is 19.6 Å². The lowest BCUT2D eigenvalue weighted by Crippen LogP contribution is -2.12. The van der Waals surface area contributed by atoms with Crippen LogP contribution in [0.5, 0.6) is 5.75 Å². The second-order valence-corrected chi connectivity index (χ2v) is 17.4. The van der Waals surface area contributed by atoms with Crippen LogP contribution in [0.1, 0.15) is 91.5 Å². The SMILES string of the molecule is [2H]C(C)(C)c1ccc(-c2ccnc(-c3cc(-c4ccccc4)cc(-c4cccc5c4nc(-c4cc(C(C([2H])([2H])[2H])(C([2H])([2H])[2H])C([2H])([2H])[2H])ccc4O)n5-c4ccc(C(C)(C)C)cc4-c4ccccc4)c3)c2)cc1. The minimum Gasteiger partial charge on any atom is -0.507 e. The lowest BCUT2D eigenvalue weighted by molar-refractivity contribution is 0.475. The highest BCUT2D eigenvalue weighted by Crippen LogP contribution is 2.43. The zero-order chi connectivity index (χ0) is 52.5. The molecule has 0 aliphatic rings. The molecule has 2 aromatic heterocycles. The number of benzene rings is 7. The molecule has 9 rings (SSSR count). The molecule has 0 unspecified atom stereocenters. The van der Waals surface area contributed by atoms with Crippen LogP contribution in [0.15, 0.2) is 176 Å². The quantitative estimate of drug-likeness (QED) is 0.166. The molecule has 4 nitrogen and oxygen atoms in total. The zero-order valence-corrected chi connectivity index (χ0v) is 36.0.